The number of benzene rings is 1. The molecule has 0 radical (unpaired) electrons. The van der Waals surface area contributed by atoms with E-state index in [2.05, 4.69) is 18.4 Å². The van der Waals surface area contributed by atoms with Gasteiger partial charge in [-0.05, 0) is 61.9 Å². The molecule has 5 heteroatoms. The van der Waals surface area contributed by atoms with Gasteiger partial charge in [-0.25, -0.2) is 0 Å². The zero-order valence-corrected chi connectivity index (χ0v) is 16.1. The van der Waals surface area contributed by atoms with E-state index in [0.717, 1.165) is 19.4 Å². The van der Waals surface area contributed by atoms with Crippen LogP contribution in [0.4, 0.5) is 0 Å². The topological polar surface area (TPSA) is 38.8 Å². The number of hydrogen-bond acceptors (Lipinski definition) is 4. The first-order valence-electron chi connectivity index (χ1n) is 8.77. The van der Waals surface area contributed by atoms with E-state index in [1.54, 1.807) is 24.5 Å². The molecular weight excluding hydrogens is 334 g/mol. The third kappa shape index (κ3) is 3.52. The summed E-state index contributed by atoms with van der Waals surface area (Å²) in [7, 11) is 1.60. The van der Waals surface area contributed by atoms with E-state index < -0.39 is 0 Å². The molecule has 0 aliphatic carbocycles. The molecule has 1 unspecified atom stereocenters. The van der Waals surface area contributed by atoms with Crippen LogP contribution in [0.25, 0.3) is 0 Å². The van der Waals surface area contributed by atoms with E-state index in [-0.39, 0.29) is 18.1 Å². The number of thiophene rings is 1. The second-order valence-corrected chi connectivity index (χ2v) is 7.50. The van der Waals surface area contributed by atoms with Crippen LogP contribution in [0, 0.1) is 0 Å². The molecule has 0 saturated carbocycles. The molecule has 0 saturated heterocycles. The van der Waals surface area contributed by atoms with Crippen LogP contribution in [0.2, 0.25) is 0 Å². The predicted octanol–water partition coefficient (Wildman–Crippen LogP) is 4.69. The molecule has 25 heavy (non-hydrogen) atoms. The van der Waals surface area contributed by atoms with Crippen LogP contribution in [0.15, 0.2) is 29.6 Å². The Morgan fingerprint density at radius 1 is 1.32 bits per heavy atom. The molecule has 1 atom stereocenters. The highest BCUT2D eigenvalue weighted by Gasteiger charge is 2.31. The predicted molar refractivity (Wildman–Crippen MR) is 101 cm³/mol. The van der Waals surface area contributed by atoms with E-state index in [1.165, 1.54) is 10.4 Å². The maximum Gasteiger partial charge on any atom is 0.254 e. The Bertz CT molecular complexity index is 753. The second-order valence-electron chi connectivity index (χ2n) is 6.50. The fourth-order valence-corrected chi connectivity index (χ4v) is 4.33. The molecule has 0 fully saturated rings. The van der Waals surface area contributed by atoms with E-state index in [9.17, 15) is 4.79 Å². The van der Waals surface area contributed by atoms with Gasteiger partial charge in [0.05, 0.1) is 19.3 Å². The SMILES string of the molecule is CCC1c2ccsc2CCN1C(=O)c1ccc(OC(C)C)c(OC)c1. The van der Waals surface area contributed by atoms with Crippen molar-refractivity contribution < 1.29 is 14.3 Å². The number of carbonyl (C=O) groups excluding carboxylic acids is 1. The summed E-state index contributed by atoms with van der Waals surface area (Å²) in [6.07, 6.45) is 1.90. The van der Waals surface area contributed by atoms with Gasteiger partial charge in [0, 0.05) is 17.0 Å². The molecule has 134 valence electrons. The molecular formula is C20H25NO3S. The van der Waals surface area contributed by atoms with Crippen LogP contribution in [0.1, 0.15) is 54.0 Å². The van der Waals surface area contributed by atoms with Gasteiger partial charge in [-0.3, -0.25) is 4.79 Å². The summed E-state index contributed by atoms with van der Waals surface area (Å²) in [4.78, 5) is 16.5. The van der Waals surface area contributed by atoms with Crippen LogP contribution >= 0.6 is 11.3 Å². The number of nitrogens with zero attached hydrogens (tertiary/aromatic N) is 1. The standard InChI is InChI=1S/C20H25NO3S/c1-5-16-15-9-11-25-19(15)8-10-21(16)20(22)14-6-7-17(24-13(2)3)18(12-14)23-4/h6-7,9,11-13,16H,5,8,10H2,1-4H3. The van der Waals surface area contributed by atoms with Crippen molar-refractivity contribution in [2.45, 2.75) is 45.8 Å². The first-order chi connectivity index (χ1) is 12.0. The highest BCUT2D eigenvalue weighted by atomic mass is 32.1. The Hall–Kier alpha value is -2.01. The summed E-state index contributed by atoms with van der Waals surface area (Å²) < 4.78 is 11.2. The van der Waals surface area contributed by atoms with E-state index >= 15 is 0 Å². The lowest BCUT2D eigenvalue weighted by Gasteiger charge is -2.35. The molecule has 1 aliphatic rings. The van der Waals surface area contributed by atoms with E-state index in [4.69, 9.17) is 9.47 Å². The third-order valence-corrected chi connectivity index (χ3v) is 5.51. The van der Waals surface area contributed by atoms with Gasteiger partial charge in [-0.15, -0.1) is 11.3 Å². The molecule has 0 N–H and O–H groups in total. The average molecular weight is 359 g/mol. The average Bonchev–Trinajstić information content (AvgIpc) is 3.08. The van der Waals surface area contributed by atoms with Crippen molar-refractivity contribution in [3.05, 3.63) is 45.6 Å². The van der Waals surface area contributed by atoms with Gasteiger partial charge >= 0.3 is 0 Å². The summed E-state index contributed by atoms with van der Waals surface area (Å²) in [6, 6.07) is 7.76. The molecule has 0 bridgehead atoms. The molecule has 1 aliphatic heterocycles. The molecule has 3 rings (SSSR count). The minimum Gasteiger partial charge on any atom is -0.493 e. The number of rotatable bonds is 5. The minimum absolute atomic E-state index is 0.0538. The quantitative estimate of drug-likeness (QED) is 0.777. The largest absolute Gasteiger partial charge is 0.493 e. The Morgan fingerprint density at radius 3 is 2.80 bits per heavy atom. The Balaban J connectivity index is 1.88. The summed E-state index contributed by atoms with van der Waals surface area (Å²) in [5, 5.41) is 2.13. The number of amides is 1. The summed E-state index contributed by atoms with van der Waals surface area (Å²) in [5.41, 5.74) is 1.95. The van der Waals surface area contributed by atoms with Crippen molar-refractivity contribution in [1.82, 2.24) is 4.90 Å². The van der Waals surface area contributed by atoms with Crippen LogP contribution < -0.4 is 9.47 Å². The fourth-order valence-electron chi connectivity index (χ4n) is 3.40. The Morgan fingerprint density at radius 2 is 2.12 bits per heavy atom. The smallest absolute Gasteiger partial charge is 0.254 e. The highest BCUT2D eigenvalue weighted by Crippen LogP contribution is 2.37. The summed E-state index contributed by atoms with van der Waals surface area (Å²) >= 11 is 1.79. The van der Waals surface area contributed by atoms with Gasteiger partial charge in [-0.2, -0.15) is 0 Å². The van der Waals surface area contributed by atoms with Gasteiger partial charge in [0.2, 0.25) is 0 Å². The second kappa shape index (κ2) is 7.48. The van der Waals surface area contributed by atoms with Gasteiger partial charge < -0.3 is 14.4 Å². The monoisotopic (exact) mass is 359 g/mol. The highest BCUT2D eigenvalue weighted by molar-refractivity contribution is 7.10. The van der Waals surface area contributed by atoms with Crippen molar-refractivity contribution in [2.24, 2.45) is 0 Å². The Labute approximate surface area is 153 Å². The maximum absolute atomic E-state index is 13.1. The lowest BCUT2D eigenvalue weighted by Crippen LogP contribution is -2.39. The van der Waals surface area contributed by atoms with Crippen molar-refractivity contribution in [3.63, 3.8) is 0 Å². The maximum atomic E-state index is 13.1. The van der Waals surface area contributed by atoms with Crippen LogP contribution in [0.5, 0.6) is 11.5 Å². The number of hydrogen-bond donors (Lipinski definition) is 0. The normalized spacial score (nSPS) is 16.7. The minimum atomic E-state index is 0.0538. The summed E-state index contributed by atoms with van der Waals surface area (Å²) in [6.45, 7) is 6.84. The zero-order valence-electron chi connectivity index (χ0n) is 15.2. The molecule has 1 aromatic carbocycles. The molecule has 0 spiro atoms. The summed E-state index contributed by atoms with van der Waals surface area (Å²) in [5.74, 6) is 1.32. The molecule has 4 nitrogen and oxygen atoms in total. The van der Waals surface area contributed by atoms with Gasteiger partial charge in [-0.1, -0.05) is 6.92 Å². The first-order valence-corrected chi connectivity index (χ1v) is 9.65. The van der Waals surface area contributed by atoms with Crippen LogP contribution in [0.3, 0.4) is 0 Å². The number of fused-ring (bicyclic) bond motifs is 1. The number of ether oxygens (including phenoxy) is 2. The van der Waals surface area contributed by atoms with E-state index in [1.807, 2.05) is 30.9 Å². The van der Waals surface area contributed by atoms with Gasteiger partial charge in [0.1, 0.15) is 0 Å². The van der Waals surface area contributed by atoms with Crippen molar-refractivity contribution in [2.75, 3.05) is 13.7 Å². The fraction of sp³-hybridized carbons (Fsp3) is 0.450. The lowest BCUT2D eigenvalue weighted by molar-refractivity contribution is 0.0657. The van der Waals surface area contributed by atoms with Crippen LogP contribution in [-0.4, -0.2) is 30.6 Å². The van der Waals surface area contributed by atoms with Gasteiger partial charge in [0.15, 0.2) is 11.5 Å². The van der Waals surface area contributed by atoms with Crippen LogP contribution in [-0.2, 0) is 6.42 Å². The molecule has 2 aromatic rings. The van der Waals surface area contributed by atoms with Crippen molar-refractivity contribution in [1.29, 1.82) is 0 Å². The Kier molecular flexibility index (Phi) is 5.33. The number of methoxy groups -OCH3 is 1. The lowest BCUT2D eigenvalue weighted by atomic mass is 9.97. The zero-order chi connectivity index (χ0) is 18.0. The molecule has 2 heterocycles. The third-order valence-electron chi connectivity index (χ3n) is 4.52. The van der Waals surface area contributed by atoms with Gasteiger partial charge in [0.25, 0.3) is 5.91 Å². The number of carbonyl (C=O) groups is 1. The first kappa shape index (κ1) is 17.8. The van der Waals surface area contributed by atoms with Crippen molar-refractivity contribution in [3.8, 4) is 11.5 Å². The molecule has 1 aromatic heterocycles. The van der Waals surface area contributed by atoms with E-state index in [0.29, 0.717) is 17.1 Å². The molecule has 1 amide bonds. The van der Waals surface area contributed by atoms with Crippen molar-refractivity contribution >= 4 is 17.2 Å².